The Morgan fingerprint density at radius 3 is 2.89 bits per heavy atom. The number of rotatable bonds is 4. The number of ether oxygens (including phenoxy) is 1. The molecular formula is C13H12ClFN2O. The number of hydrogen-bond donors (Lipinski definition) is 1. The largest absolute Gasteiger partial charge is 0.489 e. The first-order valence-corrected chi connectivity index (χ1v) is 5.77. The number of anilines is 1. The summed E-state index contributed by atoms with van der Waals surface area (Å²) in [4.78, 5) is 4.10. The molecule has 0 radical (unpaired) electrons. The van der Waals surface area contributed by atoms with Crippen molar-refractivity contribution < 1.29 is 9.13 Å². The van der Waals surface area contributed by atoms with Gasteiger partial charge in [0, 0.05) is 19.3 Å². The van der Waals surface area contributed by atoms with Gasteiger partial charge in [0.05, 0.1) is 5.02 Å². The summed E-state index contributed by atoms with van der Waals surface area (Å²) >= 11 is 5.67. The van der Waals surface area contributed by atoms with Crippen molar-refractivity contribution in [1.82, 2.24) is 4.98 Å². The van der Waals surface area contributed by atoms with E-state index in [0.717, 1.165) is 11.4 Å². The van der Waals surface area contributed by atoms with Crippen molar-refractivity contribution in [2.24, 2.45) is 0 Å². The maximum atomic E-state index is 13.0. The second-order valence-electron chi connectivity index (χ2n) is 3.66. The lowest BCUT2D eigenvalue weighted by Gasteiger charge is -2.08. The van der Waals surface area contributed by atoms with E-state index in [-0.39, 0.29) is 5.02 Å². The third kappa shape index (κ3) is 3.11. The molecule has 2 aromatic rings. The highest BCUT2D eigenvalue weighted by molar-refractivity contribution is 6.30. The van der Waals surface area contributed by atoms with Crippen LogP contribution in [0, 0.1) is 5.82 Å². The van der Waals surface area contributed by atoms with Crippen LogP contribution in [0.4, 0.5) is 10.2 Å². The van der Waals surface area contributed by atoms with E-state index in [2.05, 4.69) is 10.3 Å². The molecule has 0 aliphatic carbocycles. The number of benzene rings is 1. The van der Waals surface area contributed by atoms with Crippen LogP contribution in [-0.4, -0.2) is 12.0 Å². The molecule has 1 heterocycles. The van der Waals surface area contributed by atoms with E-state index in [9.17, 15) is 4.39 Å². The third-order valence-corrected chi connectivity index (χ3v) is 2.67. The van der Waals surface area contributed by atoms with Crippen molar-refractivity contribution in [1.29, 1.82) is 0 Å². The molecular weight excluding hydrogens is 255 g/mol. The van der Waals surface area contributed by atoms with Gasteiger partial charge < -0.3 is 10.1 Å². The van der Waals surface area contributed by atoms with Crippen LogP contribution >= 0.6 is 11.6 Å². The smallest absolute Gasteiger partial charge is 0.142 e. The zero-order valence-electron chi connectivity index (χ0n) is 9.78. The second-order valence-corrected chi connectivity index (χ2v) is 4.07. The Balaban J connectivity index is 2.04. The summed E-state index contributed by atoms with van der Waals surface area (Å²) in [5, 5.41) is 3.00. The molecule has 0 saturated heterocycles. The Bertz CT molecular complexity index is 548. The minimum atomic E-state index is -0.453. The van der Waals surface area contributed by atoms with Crippen molar-refractivity contribution in [3.63, 3.8) is 0 Å². The number of pyridine rings is 1. The molecule has 0 saturated carbocycles. The molecule has 0 spiro atoms. The standard InChI is InChI=1S/C13H12ClFN2O/c1-16-13-6-9(4-5-17-13)8-18-10-2-3-12(15)11(14)7-10/h2-7H,8H2,1H3,(H,16,17). The van der Waals surface area contributed by atoms with Crippen LogP contribution in [0.25, 0.3) is 0 Å². The van der Waals surface area contributed by atoms with Crippen LogP contribution in [0.3, 0.4) is 0 Å². The summed E-state index contributed by atoms with van der Waals surface area (Å²) in [6.07, 6.45) is 1.70. The molecule has 2 rings (SSSR count). The van der Waals surface area contributed by atoms with E-state index in [1.807, 2.05) is 12.1 Å². The quantitative estimate of drug-likeness (QED) is 0.920. The maximum Gasteiger partial charge on any atom is 0.142 e. The van der Waals surface area contributed by atoms with Gasteiger partial charge in [-0.2, -0.15) is 0 Å². The molecule has 1 N–H and O–H groups in total. The molecule has 0 bridgehead atoms. The van der Waals surface area contributed by atoms with E-state index in [4.69, 9.17) is 16.3 Å². The fourth-order valence-corrected chi connectivity index (χ4v) is 1.60. The lowest BCUT2D eigenvalue weighted by Crippen LogP contribution is -1.98. The normalized spacial score (nSPS) is 10.2. The fraction of sp³-hybridized carbons (Fsp3) is 0.154. The van der Waals surface area contributed by atoms with Gasteiger partial charge in [0.15, 0.2) is 0 Å². The molecule has 0 aliphatic heterocycles. The lowest BCUT2D eigenvalue weighted by atomic mass is 10.2. The molecule has 3 nitrogen and oxygen atoms in total. The Labute approximate surface area is 110 Å². The minimum Gasteiger partial charge on any atom is -0.489 e. The highest BCUT2D eigenvalue weighted by atomic mass is 35.5. The number of nitrogens with zero attached hydrogens (tertiary/aromatic N) is 1. The number of nitrogens with one attached hydrogen (secondary N) is 1. The summed E-state index contributed by atoms with van der Waals surface area (Å²) in [7, 11) is 1.80. The molecule has 0 unspecified atom stereocenters. The van der Waals surface area contributed by atoms with Crippen LogP contribution in [0.1, 0.15) is 5.56 Å². The van der Waals surface area contributed by atoms with Crippen LogP contribution in [0.15, 0.2) is 36.5 Å². The van der Waals surface area contributed by atoms with Crippen LogP contribution in [0.2, 0.25) is 5.02 Å². The molecule has 0 atom stereocenters. The molecule has 1 aromatic heterocycles. The molecule has 0 fully saturated rings. The summed E-state index contributed by atoms with van der Waals surface area (Å²) in [5.74, 6) is 0.850. The molecule has 5 heteroatoms. The van der Waals surface area contributed by atoms with Gasteiger partial charge in [0.25, 0.3) is 0 Å². The molecule has 0 amide bonds. The van der Waals surface area contributed by atoms with Gasteiger partial charge in [-0.25, -0.2) is 9.37 Å². The fourth-order valence-electron chi connectivity index (χ4n) is 1.43. The average Bonchev–Trinajstić information content (AvgIpc) is 2.40. The van der Waals surface area contributed by atoms with Gasteiger partial charge in [-0.3, -0.25) is 0 Å². The predicted molar refractivity (Wildman–Crippen MR) is 69.5 cm³/mol. The highest BCUT2D eigenvalue weighted by Crippen LogP contribution is 2.22. The lowest BCUT2D eigenvalue weighted by molar-refractivity contribution is 0.305. The van der Waals surface area contributed by atoms with Crippen LogP contribution in [0.5, 0.6) is 5.75 Å². The zero-order chi connectivity index (χ0) is 13.0. The summed E-state index contributed by atoms with van der Waals surface area (Å²) < 4.78 is 18.5. The monoisotopic (exact) mass is 266 g/mol. The van der Waals surface area contributed by atoms with Crippen molar-refractivity contribution >= 4 is 17.4 Å². The number of halogens is 2. The Morgan fingerprint density at radius 2 is 2.17 bits per heavy atom. The Hall–Kier alpha value is -1.81. The van der Waals surface area contributed by atoms with E-state index >= 15 is 0 Å². The predicted octanol–water partition coefficient (Wildman–Crippen LogP) is 3.49. The molecule has 18 heavy (non-hydrogen) atoms. The molecule has 1 aromatic carbocycles. The van der Waals surface area contributed by atoms with E-state index in [0.29, 0.717) is 12.4 Å². The Kier molecular flexibility index (Phi) is 3.99. The van der Waals surface area contributed by atoms with Crippen molar-refractivity contribution in [3.8, 4) is 5.75 Å². The Morgan fingerprint density at radius 1 is 1.33 bits per heavy atom. The topological polar surface area (TPSA) is 34.1 Å². The van der Waals surface area contributed by atoms with Crippen LogP contribution in [-0.2, 0) is 6.61 Å². The van der Waals surface area contributed by atoms with Gasteiger partial charge in [-0.05, 0) is 29.8 Å². The number of aromatic nitrogens is 1. The van der Waals surface area contributed by atoms with Gasteiger partial charge in [-0.1, -0.05) is 11.6 Å². The van der Waals surface area contributed by atoms with Crippen molar-refractivity contribution in [2.45, 2.75) is 6.61 Å². The molecule has 94 valence electrons. The first kappa shape index (κ1) is 12.6. The maximum absolute atomic E-state index is 13.0. The first-order valence-electron chi connectivity index (χ1n) is 5.39. The zero-order valence-corrected chi connectivity index (χ0v) is 10.5. The van der Waals surface area contributed by atoms with E-state index in [1.54, 1.807) is 19.3 Å². The third-order valence-electron chi connectivity index (χ3n) is 2.38. The van der Waals surface area contributed by atoms with Crippen molar-refractivity contribution in [2.75, 3.05) is 12.4 Å². The van der Waals surface area contributed by atoms with Crippen molar-refractivity contribution in [3.05, 3.63) is 52.9 Å². The SMILES string of the molecule is CNc1cc(COc2ccc(F)c(Cl)c2)ccn1. The summed E-state index contributed by atoms with van der Waals surface area (Å²) in [5.41, 5.74) is 0.967. The number of hydrogen-bond acceptors (Lipinski definition) is 3. The van der Waals surface area contributed by atoms with E-state index in [1.165, 1.54) is 12.1 Å². The summed E-state index contributed by atoms with van der Waals surface area (Å²) in [6.45, 7) is 0.374. The van der Waals surface area contributed by atoms with Gasteiger partial charge in [-0.15, -0.1) is 0 Å². The first-order chi connectivity index (χ1) is 8.69. The van der Waals surface area contributed by atoms with Gasteiger partial charge >= 0.3 is 0 Å². The van der Waals surface area contributed by atoms with Gasteiger partial charge in [0.1, 0.15) is 24.0 Å². The molecule has 0 aliphatic rings. The van der Waals surface area contributed by atoms with Gasteiger partial charge in [0.2, 0.25) is 0 Å². The highest BCUT2D eigenvalue weighted by Gasteiger charge is 2.02. The second kappa shape index (κ2) is 5.69. The average molecular weight is 267 g/mol. The minimum absolute atomic E-state index is 0.0538. The van der Waals surface area contributed by atoms with E-state index < -0.39 is 5.82 Å². The summed E-state index contributed by atoms with van der Waals surface area (Å²) in [6, 6.07) is 8.01. The van der Waals surface area contributed by atoms with Crippen LogP contribution < -0.4 is 10.1 Å².